The van der Waals surface area contributed by atoms with E-state index in [0.29, 0.717) is 25.1 Å². The Morgan fingerprint density at radius 3 is 2.38 bits per heavy atom. The molecule has 1 N–H and O–H groups in total. The Balaban J connectivity index is 1.47. The van der Waals surface area contributed by atoms with Crippen molar-refractivity contribution in [1.82, 2.24) is 10.2 Å². The zero-order chi connectivity index (χ0) is 18.4. The summed E-state index contributed by atoms with van der Waals surface area (Å²) in [5.74, 6) is 0.959. The summed E-state index contributed by atoms with van der Waals surface area (Å²) in [4.78, 5) is 25.8. The van der Waals surface area contributed by atoms with E-state index < -0.39 is 0 Å². The number of hydrogen-bond donors (Lipinski definition) is 1. The highest BCUT2D eigenvalue weighted by Gasteiger charge is 2.19. The van der Waals surface area contributed by atoms with Gasteiger partial charge >= 0.3 is 0 Å². The normalized spacial score (nSPS) is 13.7. The van der Waals surface area contributed by atoms with E-state index in [0.717, 1.165) is 36.3 Å². The number of hydrogen-bond acceptors (Lipinski definition) is 3. The van der Waals surface area contributed by atoms with E-state index >= 15 is 0 Å². The van der Waals surface area contributed by atoms with Gasteiger partial charge in [0.05, 0.1) is 7.11 Å². The summed E-state index contributed by atoms with van der Waals surface area (Å²) in [6, 6.07) is 15.3. The summed E-state index contributed by atoms with van der Waals surface area (Å²) in [5.41, 5.74) is 2.84. The van der Waals surface area contributed by atoms with Crippen molar-refractivity contribution in [3.05, 3.63) is 65.2 Å². The molecule has 1 fully saturated rings. The van der Waals surface area contributed by atoms with E-state index in [2.05, 4.69) is 5.32 Å². The lowest BCUT2D eigenvalue weighted by atomic mass is 10.1. The average molecular weight is 352 g/mol. The van der Waals surface area contributed by atoms with Crippen molar-refractivity contribution in [3.8, 4) is 5.75 Å². The van der Waals surface area contributed by atoms with Gasteiger partial charge in [-0.25, -0.2) is 0 Å². The number of rotatable bonds is 7. The summed E-state index contributed by atoms with van der Waals surface area (Å²) < 4.78 is 5.14. The first kappa shape index (κ1) is 18.0. The highest BCUT2D eigenvalue weighted by atomic mass is 16.5. The third-order valence-corrected chi connectivity index (χ3v) is 4.62. The van der Waals surface area contributed by atoms with Crippen molar-refractivity contribution in [2.24, 2.45) is 0 Å². The predicted molar refractivity (Wildman–Crippen MR) is 100 cm³/mol. The van der Waals surface area contributed by atoms with Crippen LogP contribution < -0.4 is 10.1 Å². The molecular formula is C21H24N2O3. The van der Waals surface area contributed by atoms with Gasteiger partial charge < -0.3 is 15.0 Å². The quantitative estimate of drug-likeness (QED) is 0.834. The van der Waals surface area contributed by atoms with E-state index in [4.69, 9.17) is 4.74 Å². The molecule has 0 atom stereocenters. The number of likely N-dealkylation sites (tertiary alicyclic amines) is 1. The molecule has 0 unspecified atom stereocenters. The van der Waals surface area contributed by atoms with Crippen molar-refractivity contribution in [1.29, 1.82) is 0 Å². The third-order valence-electron chi connectivity index (χ3n) is 4.62. The summed E-state index contributed by atoms with van der Waals surface area (Å²) >= 11 is 0. The second-order valence-electron chi connectivity index (χ2n) is 6.47. The number of methoxy groups -OCH3 is 1. The number of nitrogens with one attached hydrogen (secondary N) is 1. The Morgan fingerprint density at radius 1 is 1.08 bits per heavy atom. The highest BCUT2D eigenvalue weighted by Crippen LogP contribution is 2.15. The van der Waals surface area contributed by atoms with E-state index in [9.17, 15) is 9.59 Å². The first-order valence-electron chi connectivity index (χ1n) is 8.93. The molecule has 1 aliphatic heterocycles. The molecule has 0 bridgehead atoms. The topological polar surface area (TPSA) is 58.6 Å². The molecule has 2 amide bonds. The molecule has 0 aliphatic carbocycles. The van der Waals surface area contributed by atoms with E-state index in [1.807, 2.05) is 53.4 Å². The van der Waals surface area contributed by atoms with Gasteiger partial charge in [-0.15, -0.1) is 0 Å². The minimum Gasteiger partial charge on any atom is -0.497 e. The molecule has 1 saturated heterocycles. The van der Waals surface area contributed by atoms with E-state index in [-0.39, 0.29) is 11.8 Å². The van der Waals surface area contributed by atoms with Crippen LogP contribution in [0.4, 0.5) is 0 Å². The van der Waals surface area contributed by atoms with Gasteiger partial charge in [0.15, 0.2) is 0 Å². The standard InChI is InChI=1S/C21H24N2O3/c1-26-19-10-6-16(7-11-19)12-13-22-21(25)18-8-4-17(5-9-18)15-23-14-2-3-20(23)24/h4-11H,2-3,12-15H2,1H3,(H,22,25). The Bertz CT molecular complexity index is 754. The van der Waals surface area contributed by atoms with Gasteiger partial charge in [-0.1, -0.05) is 24.3 Å². The fourth-order valence-corrected chi connectivity index (χ4v) is 3.07. The number of carbonyl (C=O) groups is 2. The van der Waals surface area contributed by atoms with Crippen LogP contribution in [-0.4, -0.2) is 36.9 Å². The van der Waals surface area contributed by atoms with E-state index in [1.165, 1.54) is 0 Å². The maximum absolute atomic E-state index is 12.2. The molecule has 2 aromatic carbocycles. The summed E-state index contributed by atoms with van der Waals surface area (Å²) in [6.45, 7) is 2.03. The Morgan fingerprint density at radius 2 is 1.77 bits per heavy atom. The summed E-state index contributed by atoms with van der Waals surface area (Å²) in [5, 5.41) is 2.94. The lowest BCUT2D eigenvalue weighted by molar-refractivity contribution is -0.128. The van der Waals surface area contributed by atoms with Gasteiger partial charge in [0.25, 0.3) is 5.91 Å². The fraction of sp³-hybridized carbons (Fsp3) is 0.333. The molecule has 5 nitrogen and oxygen atoms in total. The van der Waals surface area contributed by atoms with Gasteiger partial charge in [0, 0.05) is 31.6 Å². The van der Waals surface area contributed by atoms with Gasteiger partial charge in [-0.3, -0.25) is 9.59 Å². The summed E-state index contributed by atoms with van der Waals surface area (Å²) in [6.07, 6.45) is 2.35. The van der Waals surface area contributed by atoms with Crippen molar-refractivity contribution >= 4 is 11.8 Å². The smallest absolute Gasteiger partial charge is 0.251 e. The van der Waals surface area contributed by atoms with Crippen molar-refractivity contribution in [2.75, 3.05) is 20.2 Å². The first-order chi connectivity index (χ1) is 12.7. The fourth-order valence-electron chi connectivity index (χ4n) is 3.07. The minimum absolute atomic E-state index is 0.0812. The third kappa shape index (κ3) is 4.63. The largest absolute Gasteiger partial charge is 0.497 e. The van der Waals surface area contributed by atoms with Gasteiger partial charge in [-0.05, 0) is 48.2 Å². The Labute approximate surface area is 154 Å². The maximum Gasteiger partial charge on any atom is 0.251 e. The van der Waals surface area contributed by atoms with Crippen LogP contribution in [0.3, 0.4) is 0 Å². The molecule has 2 aromatic rings. The first-order valence-corrected chi connectivity index (χ1v) is 8.93. The van der Waals surface area contributed by atoms with Crippen molar-refractivity contribution in [2.45, 2.75) is 25.8 Å². The number of ether oxygens (including phenoxy) is 1. The average Bonchev–Trinajstić information content (AvgIpc) is 3.07. The van der Waals surface area contributed by atoms with Gasteiger partial charge in [0.2, 0.25) is 5.91 Å². The second kappa shape index (κ2) is 8.52. The van der Waals surface area contributed by atoms with Crippen LogP contribution in [0.25, 0.3) is 0 Å². The van der Waals surface area contributed by atoms with E-state index in [1.54, 1.807) is 7.11 Å². The van der Waals surface area contributed by atoms with Gasteiger partial charge in [-0.2, -0.15) is 0 Å². The zero-order valence-electron chi connectivity index (χ0n) is 15.0. The number of benzene rings is 2. The maximum atomic E-state index is 12.2. The monoisotopic (exact) mass is 352 g/mol. The Hall–Kier alpha value is -2.82. The molecule has 0 spiro atoms. The molecule has 3 rings (SSSR count). The lowest BCUT2D eigenvalue weighted by Gasteiger charge is -2.15. The van der Waals surface area contributed by atoms with Crippen LogP contribution >= 0.6 is 0 Å². The summed E-state index contributed by atoms with van der Waals surface area (Å²) in [7, 11) is 1.64. The van der Waals surface area contributed by atoms with Crippen molar-refractivity contribution < 1.29 is 14.3 Å². The molecule has 26 heavy (non-hydrogen) atoms. The zero-order valence-corrected chi connectivity index (χ0v) is 15.0. The molecule has 0 aromatic heterocycles. The van der Waals surface area contributed by atoms with Crippen LogP contribution in [-0.2, 0) is 17.8 Å². The molecular weight excluding hydrogens is 328 g/mol. The second-order valence-corrected chi connectivity index (χ2v) is 6.47. The van der Waals surface area contributed by atoms with Crippen LogP contribution in [0, 0.1) is 0 Å². The SMILES string of the molecule is COc1ccc(CCNC(=O)c2ccc(CN3CCCC3=O)cc2)cc1. The Kier molecular flexibility index (Phi) is 5.89. The van der Waals surface area contributed by atoms with Crippen LogP contribution in [0.5, 0.6) is 5.75 Å². The lowest BCUT2D eigenvalue weighted by Crippen LogP contribution is -2.26. The molecule has 1 heterocycles. The van der Waals surface area contributed by atoms with Crippen molar-refractivity contribution in [3.63, 3.8) is 0 Å². The number of carbonyl (C=O) groups excluding carboxylic acids is 2. The van der Waals surface area contributed by atoms with Crippen LogP contribution in [0.1, 0.15) is 34.3 Å². The molecule has 5 heteroatoms. The number of amides is 2. The van der Waals surface area contributed by atoms with Crippen LogP contribution in [0.15, 0.2) is 48.5 Å². The minimum atomic E-state index is -0.0812. The molecule has 0 saturated carbocycles. The highest BCUT2D eigenvalue weighted by molar-refractivity contribution is 5.94. The van der Waals surface area contributed by atoms with Crippen LogP contribution in [0.2, 0.25) is 0 Å². The predicted octanol–water partition coefficient (Wildman–Crippen LogP) is 2.79. The van der Waals surface area contributed by atoms with Gasteiger partial charge in [0.1, 0.15) is 5.75 Å². The number of nitrogens with zero attached hydrogens (tertiary/aromatic N) is 1. The molecule has 136 valence electrons. The molecule has 1 aliphatic rings. The molecule has 0 radical (unpaired) electrons.